The number of benzene rings is 1. The summed E-state index contributed by atoms with van der Waals surface area (Å²) in [6, 6.07) is 2.40. The molecule has 98 valence electrons. The number of fused-ring (bicyclic) bond motifs is 3. The Balaban J connectivity index is 2.26. The van der Waals surface area contributed by atoms with Gasteiger partial charge in [0.05, 0.1) is 4.90 Å². The van der Waals surface area contributed by atoms with Crippen molar-refractivity contribution in [1.29, 1.82) is 0 Å². The minimum Gasteiger partial charge on any atom is -0.477 e. The third kappa shape index (κ3) is 1.84. The second kappa shape index (κ2) is 4.28. The van der Waals surface area contributed by atoms with Crippen LogP contribution in [0.3, 0.4) is 0 Å². The predicted octanol–water partition coefficient (Wildman–Crippen LogP) is 4.14. The Morgan fingerprint density at radius 1 is 1.21 bits per heavy atom. The fourth-order valence-electron chi connectivity index (χ4n) is 1.91. The number of rotatable bonds is 1. The second-order valence-electron chi connectivity index (χ2n) is 3.92. The van der Waals surface area contributed by atoms with Gasteiger partial charge in [0.25, 0.3) is 0 Å². The van der Waals surface area contributed by atoms with E-state index in [0.29, 0.717) is 16.2 Å². The van der Waals surface area contributed by atoms with E-state index in [1.165, 1.54) is 6.07 Å². The van der Waals surface area contributed by atoms with Crippen molar-refractivity contribution in [2.24, 2.45) is 0 Å². The van der Waals surface area contributed by atoms with Crippen molar-refractivity contribution in [3.63, 3.8) is 0 Å². The highest BCUT2D eigenvalue weighted by molar-refractivity contribution is 7.98. The maximum atomic E-state index is 13.7. The summed E-state index contributed by atoms with van der Waals surface area (Å²) in [6.07, 6.45) is 0. The topological polar surface area (TPSA) is 37.3 Å². The number of aromatic carboxylic acids is 1. The van der Waals surface area contributed by atoms with Crippen molar-refractivity contribution in [1.82, 2.24) is 0 Å². The molecule has 1 aliphatic heterocycles. The van der Waals surface area contributed by atoms with E-state index in [1.807, 2.05) is 0 Å². The van der Waals surface area contributed by atoms with Crippen LogP contribution < -0.4 is 0 Å². The van der Waals surface area contributed by atoms with Gasteiger partial charge >= 0.3 is 5.97 Å². The van der Waals surface area contributed by atoms with Crippen molar-refractivity contribution in [3.05, 3.63) is 40.0 Å². The maximum absolute atomic E-state index is 13.7. The van der Waals surface area contributed by atoms with Crippen LogP contribution in [0.1, 0.15) is 15.2 Å². The van der Waals surface area contributed by atoms with E-state index in [1.54, 1.807) is 0 Å². The first-order valence-electron chi connectivity index (χ1n) is 5.15. The van der Waals surface area contributed by atoms with Crippen LogP contribution in [0.15, 0.2) is 17.0 Å². The summed E-state index contributed by atoms with van der Waals surface area (Å²) in [5.74, 6) is -4.72. The lowest BCUT2D eigenvalue weighted by atomic mass is 10.1. The van der Waals surface area contributed by atoms with Crippen molar-refractivity contribution in [2.75, 3.05) is 0 Å². The molecule has 2 nitrogen and oxygen atoms in total. The van der Waals surface area contributed by atoms with Gasteiger partial charge in [0, 0.05) is 16.2 Å². The molecule has 0 saturated carbocycles. The summed E-state index contributed by atoms with van der Waals surface area (Å²) in [7, 11) is 0. The number of thiophene rings is 1. The fourth-order valence-corrected chi connectivity index (χ4v) is 4.17. The molecule has 7 heteroatoms. The van der Waals surface area contributed by atoms with Gasteiger partial charge in [-0.15, -0.1) is 23.1 Å². The van der Waals surface area contributed by atoms with E-state index >= 15 is 0 Å². The van der Waals surface area contributed by atoms with E-state index in [2.05, 4.69) is 0 Å². The van der Waals surface area contributed by atoms with Crippen molar-refractivity contribution in [2.45, 2.75) is 10.6 Å². The molecule has 0 atom stereocenters. The molecule has 0 amide bonds. The molecule has 0 radical (unpaired) electrons. The second-order valence-corrected chi connectivity index (χ2v) is 5.96. The Labute approximate surface area is 113 Å². The number of halogens is 3. The summed E-state index contributed by atoms with van der Waals surface area (Å²) >= 11 is 1.98. The van der Waals surface area contributed by atoms with Gasteiger partial charge in [0.1, 0.15) is 4.88 Å². The van der Waals surface area contributed by atoms with E-state index in [9.17, 15) is 18.0 Å². The van der Waals surface area contributed by atoms with Gasteiger partial charge in [-0.2, -0.15) is 0 Å². The van der Waals surface area contributed by atoms with Crippen LogP contribution in [0.25, 0.3) is 10.4 Å². The highest BCUT2D eigenvalue weighted by atomic mass is 32.2. The maximum Gasteiger partial charge on any atom is 0.345 e. The van der Waals surface area contributed by atoms with E-state index in [0.717, 1.165) is 29.2 Å². The molecule has 2 heterocycles. The highest BCUT2D eigenvalue weighted by Gasteiger charge is 2.27. The predicted molar refractivity (Wildman–Crippen MR) is 66.1 cm³/mol. The molecule has 1 aliphatic rings. The molecule has 0 bridgehead atoms. The molecule has 0 saturated heterocycles. The van der Waals surface area contributed by atoms with E-state index in [-0.39, 0.29) is 15.3 Å². The van der Waals surface area contributed by atoms with Crippen LogP contribution in [0, 0.1) is 17.5 Å². The first-order valence-corrected chi connectivity index (χ1v) is 6.96. The average molecular weight is 302 g/mol. The van der Waals surface area contributed by atoms with Gasteiger partial charge in [-0.1, -0.05) is 0 Å². The van der Waals surface area contributed by atoms with Gasteiger partial charge in [-0.3, -0.25) is 0 Å². The van der Waals surface area contributed by atoms with Crippen molar-refractivity contribution < 1.29 is 23.1 Å². The Bertz CT molecular complexity index is 709. The summed E-state index contributed by atoms with van der Waals surface area (Å²) in [6.45, 7) is 0. The molecule has 0 aliphatic carbocycles. The van der Waals surface area contributed by atoms with Crippen LogP contribution in [0.5, 0.6) is 0 Å². The number of thioether (sulfide) groups is 1. The first-order chi connectivity index (χ1) is 8.99. The van der Waals surface area contributed by atoms with Gasteiger partial charge in [-0.05, 0) is 17.7 Å². The third-order valence-electron chi connectivity index (χ3n) is 2.75. The Morgan fingerprint density at radius 2 is 1.95 bits per heavy atom. The number of hydrogen-bond acceptors (Lipinski definition) is 3. The Kier molecular flexibility index (Phi) is 2.83. The fraction of sp³-hybridized carbons (Fsp3) is 0.0833. The van der Waals surface area contributed by atoms with Gasteiger partial charge in [-0.25, -0.2) is 18.0 Å². The molecule has 1 aromatic heterocycles. The average Bonchev–Trinajstić information content (AvgIpc) is 2.80. The summed E-state index contributed by atoms with van der Waals surface area (Å²) in [5.41, 5.74) is 0.922. The minimum absolute atomic E-state index is 0.0326. The number of carboxylic acid groups (broad SMARTS) is 1. The molecular weight excluding hydrogens is 297 g/mol. The molecule has 0 spiro atoms. The number of hydrogen-bond donors (Lipinski definition) is 1. The summed E-state index contributed by atoms with van der Waals surface area (Å²) < 4.78 is 40.1. The van der Waals surface area contributed by atoms with E-state index < -0.39 is 23.4 Å². The third-order valence-corrected chi connectivity index (χ3v) is 5.10. The highest BCUT2D eigenvalue weighted by Crippen LogP contribution is 2.47. The minimum atomic E-state index is -1.50. The smallest absolute Gasteiger partial charge is 0.345 e. The van der Waals surface area contributed by atoms with Crippen LogP contribution in [0.2, 0.25) is 0 Å². The zero-order valence-electron chi connectivity index (χ0n) is 9.17. The molecule has 0 fully saturated rings. The molecule has 2 aromatic rings. The standard InChI is InChI=1S/C12H5F3O2S2/c13-6-2-5-10-4(1-7(19-10)12(16)17)3-18-11(5)9(15)8(6)14/h1-2H,3H2,(H,16,17). The quantitative estimate of drug-likeness (QED) is 0.805. The van der Waals surface area contributed by atoms with Gasteiger partial charge < -0.3 is 5.11 Å². The molecule has 1 N–H and O–H groups in total. The molecule has 0 unspecified atom stereocenters. The lowest BCUT2D eigenvalue weighted by Crippen LogP contribution is -2.00. The van der Waals surface area contributed by atoms with Crippen LogP contribution in [-0.2, 0) is 5.75 Å². The number of carboxylic acids is 1. The van der Waals surface area contributed by atoms with Crippen LogP contribution >= 0.6 is 23.1 Å². The van der Waals surface area contributed by atoms with Gasteiger partial charge in [0.2, 0.25) is 0 Å². The van der Waals surface area contributed by atoms with Crippen molar-refractivity contribution >= 4 is 29.1 Å². The Hall–Kier alpha value is -1.47. The van der Waals surface area contributed by atoms with Crippen LogP contribution in [-0.4, -0.2) is 11.1 Å². The molecular formula is C12H5F3O2S2. The molecule has 1 aromatic carbocycles. The zero-order valence-corrected chi connectivity index (χ0v) is 10.8. The van der Waals surface area contributed by atoms with Crippen LogP contribution in [0.4, 0.5) is 13.2 Å². The monoisotopic (exact) mass is 302 g/mol. The molecule has 19 heavy (non-hydrogen) atoms. The lowest BCUT2D eigenvalue weighted by Gasteiger charge is -2.16. The normalized spacial score (nSPS) is 13.0. The van der Waals surface area contributed by atoms with Crippen molar-refractivity contribution in [3.8, 4) is 10.4 Å². The lowest BCUT2D eigenvalue weighted by molar-refractivity contribution is 0.0702. The largest absolute Gasteiger partial charge is 0.477 e. The summed E-state index contributed by atoms with van der Waals surface area (Å²) in [4.78, 5) is 11.5. The Morgan fingerprint density at radius 3 is 2.63 bits per heavy atom. The summed E-state index contributed by atoms with van der Waals surface area (Å²) in [5, 5.41) is 8.93. The zero-order chi connectivity index (χ0) is 13.7. The molecule has 3 rings (SSSR count). The first kappa shape index (κ1) is 12.6. The van der Waals surface area contributed by atoms with E-state index in [4.69, 9.17) is 5.11 Å². The number of carbonyl (C=O) groups is 1. The SMILES string of the molecule is O=C(O)c1cc2c(s1)-c1cc(F)c(F)c(F)c1SC2. The van der Waals surface area contributed by atoms with Gasteiger partial charge in [0.15, 0.2) is 17.5 Å².